The number of aryl methyl sites for hydroxylation is 2. The van der Waals surface area contributed by atoms with Crippen LogP contribution in [0.4, 0.5) is 4.79 Å². The fourth-order valence-electron chi connectivity index (χ4n) is 3.90. The molecular formula is C24H25N3O2. The monoisotopic (exact) mass is 387 g/mol. The van der Waals surface area contributed by atoms with Gasteiger partial charge < -0.3 is 10.1 Å². The Morgan fingerprint density at radius 2 is 1.79 bits per heavy atom. The number of benzene rings is 2. The molecule has 0 bridgehead atoms. The molecule has 0 spiro atoms. The Morgan fingerprint density at radius 3 is 2.41 bits per heavy atom. The largest absolute Gasteiger partial charge is 0.449 e. The first kappa shape index (κ1) is 19.0. The molecule has 1 aromatic heterocycles. The number of fused-ring (bicyclic) bond motifs is 3. The van der Waals surface area contributed by atoms with Crippen molar-refractivity contribution in [1.29, 1.82) is 0 Å². The third kappa shape index (κ3) is 4.09. The van der Waals surface area contributed by atoms with Crippen LogP contribution in [0.25, 0.3) is 17.2 Å². The molecule has 0 radical (unpaired) electrons. The summed E-state index contributed by atoms with van der Waals surface area (Å²) in [6.07, 6.45) is 6.40. The van der Waals surface area contributed by atoms with Gasteiger partial charge in [-0.2, -0.15) is 5.10 Å². The van der Waals surface area contributed by atoms with E-state index in [1.807, 2.05) is 56.6 Å². The zero-order valence-corrected chi connectivity index (χ0v) is 16.8. The van der Waals surface area contributed by atoms with Crippen LogP contribution in [-0.2, 0) is 11.8 Å². The van der Waals surface area contributed by atoms with E-state index >= 15 is 0 Å². The van der Waals surface area contributed by atoms with Gasteiger partial charge >= 0.3 is 6.09 Å². The summed E-state index contributed by atoms with van der Waals surface area (Å²) in [5, 5.41) is 7.14. The van der Waals surface area contributed by atoms with Gasteiger partial charge in [-0.15, -0.1) is 0 Å². The first-order valence-electron chi connectivity index (χ1n) is 9.89. The average Bonchev–Trinajstić information content (AvgIpc) is 3.22. The summed E-state index contributed by atoms with van der Waals surface area (Å²) in [5.74, 6) is 0.0848. The van der Waals surface area contributed by atoms with Gasteiger partial charge in [0.2, 0.25) is 0 Å². The first-order valence-corrected chi connectivity index (χ1v) is 9.89. The van der Waals surface area contributed by atoms with Crippen molar-refractivity contribution in [3.05, 3.63) is 83.2 Å². The maximum absolute atomic E-state index is 12.1. The standard InChI is InChI=1S/C24H25N3O2/c1-17-18(15-27(2)26-17)9-7-8-14-25-24(28)29-16-23-21-12-5-3-10-19(21)20-11-4-6-13-22(20)23/h3-7,9-13,15,23H,8,14,16H2,1-2H3,(H,25,28). The molecule has 0 saturated heterocycles. The van der Waals surface area contributed by atoms with Crippen LogP contribution in [0.15, 0.2) is 60.8 Å². The molecule has 0 unspecified atom stereocenters. The highest BCUT2D eigenvalue weighted by molar-refractivity contribution is 5.79. The topological polar surface area (TPSA) is 56.2 Å². The summed E-state index contributed by atoms with van der Waals surface area (Å²) in [6, 6.07) is 16.7. The van der Waals surface area contributed by atoms with Crippen molar-refractivity contribution in [3.8, 4) is 11.1 Å². The van der Waals surface area contributed by atoms with Crippen molar-refractivity contribution >= 4 is 12.2 Å². The lowest BCUT2D eigenvalue weighted by Crippen LogP contribution is -2.26. The molecule has 5 nitrogen and oxygen atoms in total. The lowest BCUT2D eigenvalue weighted by Gasteiger charge is -2.14. The molecule has 3 aromatic rings. The molecule has 1 aliphatic rings. The van der Waals surface area contributed by atoms with Crippen molar-refractivity contribution < 1.29 is 9.53 Å². The van der Waals surface area contributed by atoms with E-state index < -0.39 is 0 Å². The summed E-state index contributed by atoms with van der Waals surface area (Å²) in [4.78, 5) is 12.1. The van der Waals surface area contributed by atoms with E-state index in [-0.39, 0.29) is 12.0 Å². The summed E-state index contributed by atoms with van der Waals surface area (Å²) in [7, 11) is 1.91. The highest BCUT2D eigenvalue weighted by Crippen LogP contribution is 2.44. The lowest BCUT2D eigenvalue weighted by atomic mass is 9.98. The van der Waals surface area contributed by atoms with Crippen molar-refractivity contribution in [1.82, 2.24) is 15.1 Å². The van der Waals surface area contributed by atoms with Crippen LogP contribution in [0.3, 0.4) is 0 Å². The van der Waals surface area contributed by atoms with Crippen molar-refractivity contribution in [3.63, 3.8) is 0 Å². The van der Waals surface area contributed by atoms with Gasteiger partial charge in [0.15, 0.2) is 0 Å². The van der Waals surface area contributed by atoms with E-state index in [9.17, 15) is 4.79 Å². The Morgan fingerprint density at radius 1 is 1.14 bits per heavy atom. The molecule has 1 aliphatic carbocycles. The molecule has 1 N–H and O–H groups in total. The summed E-state index contributed by atoms with van der Waals surface area (Å²) in [6.45, 7) is 2.85. The Hall–Kier alpha value is -3.34. The van der Waals surface area contributed by atoms with Gasteiger partial charge in [-0.05, 0) is 35.6 Å². The SMILES string of the molecule is Cc1nn(C)cc1C=CCCNC(=O)OCC1c2ccccc2-c2ccccc21. The quantitative estimate of drug-likeness (QED) is 0.625. The second kappa shape index (κ2) is 8.35. The minimum absolute atomic E-state index is 0.0848. The zero-order valence-electron chi connectivity index (χ0n) is 16.8. The maximum atomic E-state index is 12.1. The Kier molecular flexibility index (Phi) is 5.47. The second-order valence-corrected chi connectivity index (χ2v) is 7.29. The molecule has 0 fully saturated rings. The van der Waals surface area contributed by atoms with Crippen LogP contribution >= 0.6 is 0 Å². The number of nitrogens with one attached hydrogen (secondary N) is 1. The average molecular weight is 387 g/mol. The molecule has 0 atom stereocenters. The zero-order chi connectivity index (χ0) is 20.2. The van der Waals surface area contributed by atoms with Gasteiger partial charge in [0.1, 0.15) is 6.61 Å². The number of rotatable bonds is 6. The number of aromatic nitrogens is 2. The highest BCUT2D eigenvalue weighted by Gasteiger charge is 2.28. The summed E-state index contributed by atoms with van der Waals surface area (Å²) < 4.78 is 7.34. The van der Waals surface area contributed by atoms with Gasteiger partial charge in [-0.25, -0.2) is 4.79 Å². The molecule has 0 aliphatic heterocycles. The van der Waals surface area contributed by atoms with E-state index in [4.69, 9.17) is 4.74 Å². The third-order valence-corrected chi connectivity index (χ3v) is 5.27. The predicted molar refractivity (Wildman–Crippen MR) is 115 cm³/mol. The number of carbonyl (C=O) groups is 1. The van der Waals surface area contributed by atoms with E-state index in [2.05, 4.69) is 34.7 Å². The van der Waals surface area contributed by atoms with Crippen LogP contribution in [0.2, 0.25) is 0 Å². The minimum Gasteiger partial charge on any atom is -0.449 e. The number of ether oxygens (including phenoxy) is 1. The number of nitrogens with zero attached hydrogens (tertiary/aromatic N) is 2. The molecule has 1 amide bonds. The number of hydrogen-bond acceptors (Lipinski definition) is 3. The van der Waals surface area contributed by atoms with Gasteiger partial charge in [-0.3, -0.25) is 4.68 Å². The van der Waals surface area contributed by atoms with Crippen molar-refractivity contribution in [2.24, 2.45) is 7.05 Å². The van der Waals surface area contributed by atoms with Crippen LogP contribution in [-0.4, -0.2) is 29.0 Å². The fraction of sp³-hybridized carbons (Fsp3) is 0.250. The van der Waals surface area contributed by atoms with Gasteiger partial charge in [-0.1, -0.05) is 60.7 Å². The van der Waals surface area contributed by atoms with Gasteiger partial charge in [0, 0.05) is 31.3 Å². The first-order chi connectivity index (χ1) is 14.1. The minimum atomic E-state index is -0.377. The molecule has 29 heavy (non-hydrogen) atoms. The second-order valence-electron chi connectivity index (χ2n) is 7.29. The molecule has 2 aromatic carbocycles. The van der Waals surface area contributed by atoms with E-state index in [1.54, 1.807) is 4.68 Å². The molecule has 4 rings (SSSR count). The number of amides is 1. The Labute approximate surface area is 171 Å². The van der Waals surface area contributed by atoms with E-state index in [0.29, 0.717) is 13.2 Å². The maximum Gasteiger partial charge on any atom is 0.407 e. The molecular weight excluding hydrogens is 362 g/mol. The van der Waals surface area contributed by atoms with E-state index in [1.165, 1.54) is 22.3 Å². The van der Waals surface area contributed by atoms with Crippen molar-refractivity contribution in [2.75, 3.05) is 13.2 Å². The predicted octanol–water partition coefficient (Wildman–Crippen LogP) is 4.67. The third-order valence-electron chi connectivity index (χ3n) is 5.27. The van der Waals surface area contributed by atoms with Crippen LogP contribution in [0, 0.1) is 6.92 Å². The Balaban J connectivity index is 1.28. The van der Waals surface area contributed by atoms with E-state index in [0.717, 1.165) is 17.7 Å². The van der Waals surface area contributed by atoms with Crippen LogP contribution in [0.5, 0.6) is 0 Å². The molecule has 148 valence electrons. The number of alkyl carbamates (subject to hydrolysis) is 1. The van der Waals surface area contributed by atoms with Gasteiger partial charge in [0.05, 0.1) is 5.69 Å². The summed E-state index contributed by atoms with van der Waals surface area (Å²) >= 11 is 0. The molecule has 1 heterocycles. The molecule has 5 heteroatoms. The smallest absolute Gasteiger partial charge is 0.407 e. The van der Waals surface area contributed by atoms with Crippen LogP contribution in [0.1, 0.15) is 34.7 Å². The van der Waals surface area contributed by atoms with Crippen LogP contribution < -0.4 is 5.32 Å². The van der Waals surface area contributed by atoms with Crippen molar-refractivity contribution in [2.45, 2.75) is 19.3 Å². The number of hydrogen-bond donors (Lipinski definition) is 1. The fourth-order valence-corrected chi connectivity index (χ4v) is 3.90. The van der Waals surface area contributed by atoms with Gasteiger partial charge in [0.25, 0.3) is 0 Å². The summed E-state index contributed by atoms with van der Waals surface area (Å²) in [5.41, 5.74) is 6.98. The molecule has 0 saturated carbocycles. The normalized spacial score (nSPS) is 12.8. The number of carbonyl (C=O) groups excluding carboxylic acids is 1. The Bertz CT molecular complexity index is 1010. The highest BCUT2D eigenvalue weighted by atomic mass is 16.5. The lowest BCUT2D eigenvalue weighted by molar-refractivity contribution is 0.143.